The van der Waals surface area contributed by atoms with Crippen LogP contribution >= 0.6 is 23.2 Å². The van der Waals surface area contributed by atoms with E-state index < -0.39 is 5.97 Å². The van der Waals surface area contributed by atoms with Crippen molar-refractivity contribution in [2.24, 2.45) is 4.99 Å². The summed E-state index contributed by atoms with van der Waals surface area (Å²) in [6.07, 6.45) is 3.85. The Morgan fingerprint density at radius 2 is 2.17 bits per heavy atom. The van der Waals surface area contributed by atoms with Gasteiger partial charge in [-0.2, -0.15) is 0 Å². The molecule has 2 aliphatic heterocycles. The number of hydrogen-bond acceptors (Lipinski definition) is 6. The van der Waals surface area contributed by atoms with Crippen molar-refractivity contribution < 1.29 is 14.6 Å². The molecule has 0 radical (unpaired) electrons. The van der Waals surface area contributed by atoms with E-state index in [1.807, 2.05) is 12.4 Å². The van der Waals surface area contributed by atoms with E-state index in [2.05, 4.69) is 20.9 Å². The third-order valence-corrected chi connectivity index (χ3v) is 6.07. The lowest BCUT2D eigenvalue weighted by atomic mass is 10.1. The molecule has 1 N–H and O–H groups in total. The van der Waals surface area contributed by atoms with Crippen LogP contribution in [0.15, 0.2) is 23.2 Å². The highest BCUT2D eigenvalue weighted by molar-refractivity contribution is 6.45. The minimum absolute atomic E-state index is 0.00743. The van der Waals surface area contributed by atoms with Crippen LogP contribution in [0.2, 0.25) is 10.0 Å². The number of hydrogen-bond donors (Lipinski definition) is 1. The van der Waals surface area contributed by atoms with Gasteiger partial charge in [-0.1, -0.05) is 23.2 Å². The summed E-state index contributed by atoms with van der Waals surface area (Å²) < 4.78 is 5.61. The van der Waals surface area contributed by atoms with Gasteiger partial charge in [-0.25, -0.2) is 4.98 Å². The van der Waals surface area contributed by atoms with E-state index >= 15 is 0 Å². The summed E-state index contributed by atoms with van der Waals surface area (Å²) in [7, 11) is 0. The number of pyridine rings is 1. The van der Waals surface area contributed by atoms with E-state index in [1.54, 1.807) is 6.07 Å². The standard InChI is InChI=1S/C20H22Cl2N4O3/c21-15-4-3-14-16(25-8-6-23-12-25)10-17(24-20(14)19(15)22)26-7-1-2-13(26)11-29-9-5-18(27)28/h3-4,10,12-13H,1-2,5-9,11H2,(H,27,28)/t13-/m0/s1. The molecule has 0 saturated carbocycles. The number of fused-ring (bicyclic) bond motifs is 1. The highest BCUT2D eigenvalue weighted by Gasteiger charge is 2.28. The zero-order chi connectivity index (χ0) is 20.4. The molecule has 9 heteroatoms. The molecule has 0 amide bonds. The van der Waals surface area contributed by atoms with Crippen molar-refractivity contribution in [3.63, 3.8) is 0 Å². The first-order chi connectivity index (χ1) is 14.0. The van der Waals surface area contributed by atoms with E-state index in [4.69, 9.17) is 38.0 Å². The number of carbonyl (C=O) groups is 1. The number of halogens is 2. The molecule has 1 aromatic carbocycles. The lowest BCUT2D eigenvalue weighted by Crippen LogP contribution is -2.34. The lowest BCUT2D eigenvalue weighted by Gasteiger charge is -2.28. The minimum Gasteiger partial charge on any atom is -0.481 e. The zero-order valence-electron chi connectivity index (χ0n) is 15.9. The SMILES string of the molecule is O=C(O)CCOC[C@@H]1CCCN1c1cc(N2C=NCC2)c2ccc(Cl)c(Cl)c2n1. The number of rotatable bonds is 7. The molecule has 0 aliphatic carbocycles. The van der Waals surface area contributed by atoms with Gasteiger partial charge in [0.15, 0.2) is 0 Å². The van der Waals surface area contributed by atoms with Crippen LogP contribution in [-0.2, 0) is 9.53 Å². The summed E-state index contributed by atoms with van der Waals surface area (Å²) in [6, 6.07) is 5.95. The fourth-order valence-electron chi connectivity index (χ4n) is 3.84. The van der Waals surface area contributed by atoms with Crippen LogP contribution in [0.4, 0.5) is 11.5 Å². The number of aliphatic imine (C=N–C) groups is 1. The van der Waals surface area contributed by atoms with Gasteiger partial charge < -0.3 is 19.6 Å². The first-order valence-electron chi connectivity index (χ1n) is 9.66. The molecule has 1 aromatic heterocycles. The summed E-state index contributed by atoms with van der Waals surface area (Å²) in [6.45, 7) is 3.10. The van der Waals surface area contributed by atoms with Gasteiger partial charge in [0.2, 0.25) is 0 Å². The number of carboxylic acids is 1. The van der Waals surface area contributed by atoms with Crippen LogP contribution in [0.25, 0.3) is 10.9 Å². The van der Waals surface area contributed by atoms with Gasteiger partial charge in [-0.15, -0.1) is 0 Å². The quantitative estimate of drug-likeness (QED) is 0.663. The van der Waals surface area contributed by atoms with Gasteiger partial charge in [0.25, 0.3) is 0 Å². The van der Waals surface area contributed by atoms with Crippen molar-refractivity contribution in [2.75, 3.05) is 42.6 Å². The number of ether oxygens (including phenoxy) is 1. The molecule has 154 valence electrons. The summed E-state index contributed by atoms with van der Waals surface area (Å²) in [5, 5.41) is 10.6. The second-order valence-corrected chi connectivity index (χ2v) is 7.97. The van der Waals surface area contributed by atoms with E-state index in [1.165, 1.54) is 0 Å². The van der Waals surface area contributed by atoms with Crippen LogP contribution < -0.4 is 9.80 Å². The summed E-state index contributed by atoms with van der Waals surface area (Å²) in [5.74, 6) is -0.0331. The number of carboxylic acid groups (broad SMARTS) is 1. The van der Waals surface area contributed by atoms with Crippen molar-refractivity contribution in [1.82, 2.24) is 4.98 Å². The van der Waals surface area contributed by atoms with Crippen molar-refractivity contribution >= 4 is 57.9 Å². The fourth-order valence-corrected chi connectivity index (χ4v) is 4.20. The van der Waals surface area contributed by atoms with Crippen LogP contribution in [-0.4, -0.2) is 61.3 Å². The number of aromatic nitrogens is 1. The van der Waals surface area contributed by atoms with E-state index in [0.717, 1.165) is 49.4 Å². The Bertz CT molecular complexity index is 953. The Kier molecular flexibility index (Phi) is 6.08. The van der Waals surface area contributed by atoms with Crippen molar-refractivity contribution in [2.45, 2.75) is 25.3 Å². The molecule has 1 fully saturated rings. The van der Waals surface area contributed by atoms with Crippen LogP contribution in [0, 0.1) is 0 Å². The maximum absolute atomic E-state index is 10.7. The van der Waals surface area contributed by atoms with Crippen LogP contribution in [0.3, 0.4) is 0 Å². The number of aliphatic carboxylic acids is 1. The number of nitrogens with zero attached hydrogens (tertiary/aromatic N) is 4. The molecule has 3 heterocycles. The molecular weight excluding hydrogens is 415 g/mol. The molecule has 0 spiro atoms. The summed E-state index contributed by atoms with van der Waals surface area (Å²) in [4.78, 5) is 24.2. The Labute approximate surface area is 178 Å². The molecule has 1 saturated heterocycles. The maximum Gasteiger partial charge on any atom is 0.305 e. The van der Waals surface area contributed by atoms with Gasteiger partial charge in [-0.3, -0.25) is 9.79 Å². The minimum atomic E-state index is -0.854. The predicted octanol–water partition coefficient (Wildman–Crippen LogP) is 3.85. The normalized spacial score (nSPS) is 18.9. The van der Waals surface area contributed by atoms with Crippen LogP contribution in [0.1, 0.15) is 19.3 Å². The largest absolute Gasteiger partial charge is 0.481 e. The average Bonchev–Trinajstić information content (AvgIpc) is 3.39. The smallest absolute Gasteiger partial charge is 0.305 e. The Morgan fingerprint density at radius 3 is 2.93 bits per heavy atom. The van der Waals surface area contributed by atoms with Gasteiger partial charge in [0.1, 0.15) is 5.82 Å². The molecule has 4 rings (SSSR count). The van der Waals surface area contributed by atoms with Gasteiger partial charge in [0.05, 0.1) is 59.8 Å². The second-order valence-electron chi connectivity index (χ2n) is 7.18. The molecule has 2 aliphatic rings. The lowest BCUT2D eigenvalue weighted by molar-refractivity contribution is -0.138. The summed E-state index contributed by atoms with van der Waals surface area (Å²) in [5.41, 5.74) is 1.67. The molecule has 2 aromatic rings. The zero-order valence-corrected chi connectivity index (χ0v) is 17.4. The van der Waals surface area contributed by atoms with E-state index in [-0.39, 0.29) is 19.1 Å². The third-order valence-electron chi connectivity index (χ3n) is 5.28. The first-order valence-corrected chi connectivity index (χ1v) is 10.4. The fraction of sp³-hybridized carbons (Fsp3) is 0.450. The van der Waals surface area contributed by atoms with Crippen molar-refractivity contribution in [3.05, 3.63) is 28.2 Å². The van der Waals surface area contributed by atoms with E-state index in [9.17, 15) is 4.79 Å². The Morgan fingerprint density at radius 1 is 1.31 bits per heavy atom. The molecule has 29 heavy (non-hydrogen) atoms. The Balaban J connectivity index is 1.66. The molecule has 1 atom stereocenters. The number of anilines is 2. The predicted molar refractivity (Wildman–Crippen MR) is 116 cm³/mol. The molecular formula is C20H22Cl2N4O3. The van der Waals surface area contributed by atoms with Crippen molar-refractivity contribution in [1.29, 1.82) is 0 Å². The van der Waals surface area contributed by atoms with Crippen molar-refractivity contribution in [3.8, 4) is 0 Å². The topological polar surface area (TPSA) is 78.3 Å². The summed E-state index contributed by atoms with van der Waals surface area (Å²) >= 11 is 12.8. The van der Waals surface area contributed by atoms with E-state index in [0.29, 0.717) is 22.2 Å². The van der Waals surface area contributed by atoms with Gasteiger partial charge in [0, 0.05) is 24.5 Å². The Hall–Kier alpha value is -2.09. The third kappa shape index (κ3) is 4.27. The molecule has 0 unspecified atom stereocenters. The van der Waals surface area contributed by atoms with Crippen LogP contribution in [0.5, 0.6) is 0 Å². The average molecular weight is 437 g/mol. The number of benzene rings is 1. The monoisotopic (exact) mass is 436 g/mol. The second kappa shape index (κ2) is 8.73. The van der Waals surface area contributed by atoms with Gasteiger partial charge >= 0.3 is 5.97 Å². The first kappa shape index (κ1) is 20.2. The molecule has 7 nitrogen and oxygen atoms in total. The molecule has 0 bridgehead atoms. The highest BCUT2D eigenvalue weighted by atomic mass is 35.5. The van der Waals surface area contributed by atoms with Gasteiger partial charge in [-0.05, 0) is 25.0 Å². The highest BCUT2D eigenvalue weighted by Crippen LogP contribution is 2.38. The maximum atomic E-state index is 10.7.